The second-order valence-electron chi connectivity index (χ2n) is 6.48. The topological polar surface area (TPSA) is 60.2 Å². The van der Waals surface area contributed by atoms with E-state index in [1.54, 1.807) is 12.1 Å². The molecule has 0 fully saturated rings. The van der Waals surface area contributed by atoms with Crippen molar-refractivity contribution in [3.63, 3.8) is 0 Å². The van der Waals surface area contributed by atoms with E-state index in [1.165, 1.54) is 23.3 Å². The van der Waals surface area contributed by atoms with Crippen molar-refractivity contribution < 1.29 is 13.7 Å². The van der Waals surface area contributed by atoms with Crippen molar-refractivity contribution in [1.29, 1.82) is 0 Å². The van der Waals surface area contributed by atoms with Gasteiger partial charge in [-0.2, -0.15) is 4.98 Å². The first-order chi connectivity index (χ1) is 13.3. The van der Waals surface area contributed by atoms with Crippen LogP contribution in [0.15, 0.2) is 59.1 Å². The van der Waals surface area contributed by atoms with Crippen LogP contribution >= 0.6 is 0 Å². The van der Waals surface area contributed by atoms with Gasteiger partial charge in [0.1, 0.15) is 23.1 Å². The van der Waals surface area contributed by atoms with Crippen LogP contribution in [0.3, 0.4) is 0 Å². The molecule has 27 heavy (non-hydrogen) atoms. The highest BCUT2D eigenvalue weighted by atomic mass is 19.1. The molecule has 5 nitrogen and oxygen atoms in total. The number of aromatic nitrogens is 2. The Bertz CT molecular complexity index is 1120. The number of anilines is 1. The summed E-state index contributed by atoms with van der Waals surface area (Å²) < 4.78 is 24.0. The maximum Gasteiger partial charge on any atom is 0.260 e. The molecule has 134 valence electrons. The van der Waals surface area contributed by atoms with E-state index in [4.69, 9.17) is 9.26 Å². The van der Waals surface area contributed by atoms with Crippen LogP contribution in [0.1, 0.15) is 11.1 Å². The molecule has 1 N–H and O–H groups in total. The summed E-state index contributed by atoms with van der Waals surface area (Å²) in [6.45, 7) is 1.41. The molecule has 0 saturated heterocycles. The van der Waals surface area contributed by atoms with Gasteiger partial charge in [-0.15, -0.1) is 0 Å². The Morgan fingerprint density at radius 2 is 1.93 bits per heavy atom. The summed E-state index contributed by atoms with van der Waals surface area (Å²) in [6, 6.07) is 16.2. The molecule has 0 spiro atoms. The van der Waals surface area contributed by atoms with E-state index in [9.17, 15) is 4.39 Å². The molecule has 0 aliphatic carbocycles. The SMILES string of the molecule is Fc1ccc(-c2noc3nc(NCc4ccc5c(c4)CCO5)ccc23)cc1. The van der Waals surface area contributed by atoms with Gasteiger partial charge in [-0.1, -0.05) is 17.3 Å². The summed E-state index contributed by atoms with van der Waals surface area (Å²) in [6.07, 6.45) is 0.956. The molecule has 2 aromatic heterocycles. The molecule has 4 aromatic rings. The molecule has 1 aliphatic rings. The summed E-state index contributed by atoms with van der Waals surface area (Å²) in [5.74, 6) is 1.41. The third-order valence-corrected chi connectivity index (χ3v) is 4.68. The van der Waals surface area contributed by atoms with Crippen molar-refractivity contribution in [2.45, 2.75) is 13.0 Å². The van der Waals surface area contributed by atoms with Crippen LogP contribution in [0, 0.1) is 5.82 Å². The maximum atomic E-state index is 13.1. The van der Waals surface area contributed by atoms with Crippen molar-refractivity contribution in [3.8, 4) is 17.0 Å². The minimum absolute atomic E-state index is 0.283. The monoisotopic (exact) mass is 361 g/mol. The Morgan fingerprint density at radius 1 is 1.04 bits per heavy atom. The molecule has 0 amide bonds. The van der Waals surface area contributed by atoms with Crippen molar-refractivity contribution in [2.24, 2.45) is 0 Å². The second kappa shape index (κ2) is 6.39. The van der Waals surface area contributed by atoms with Gasteiger partial charge in [0, 0.05) is 18.5 Å². The third-order valence-electron chi connectivity index (χ3n) is 4.68. The molecular formula is C21H16FN3O2. The quantitative estimate of drug-likeness (QED) is 0.577. The van der Waals surface area contributed by atoms with Gasteiger partial charge in [0.2, 0.25) is 0 Å². The third kappa shape index (κ3) is 2.99. The highest BCUT2D eigenvalue weighted by Gasteiger charge is 2.14. The van der Waals surface area contributed by atoms with E-state index < -0.39 is 0 Å². The largest absolute Gasteiger partial charge is 0.493 e. The van der Waals surface area contributed by atoms with Crippen LogP contribution in [0.25, 0.3) is 22.4 Å². The number of rotatable bonds is 4. The fourth-order valence-corrected chi connectivity index (χ4v) is 3.29. The minimum atomic E-state index is -0.283. The zero-order chi connectivity index (χ0) is 18.2. The first-order valence-electron chi connectivity index (χ1n) is 8.77. The fraction of sp³-hybridized carbons (Fsp3) is 0.143. The molecule has 0 atom stereocenters. The van der Waals surface area contributed by atoms with Crippen LogP contribution in [0.4, 0.5) is 10.2 Å². The number of halogens is 1. The van der Waals surface area contributed by atoms with E-state index in [1.807, 2.05) is 18.2 Å². The Morgan fingerprint density at radius 3 is 2.81 bits per heavy atom. The molecule has 0 bridgehead atoms. The zero-order valence-electron chi connectivity index (χ0n) is 14.4. The van der Waals surface area contributed by atoms with Crippen molar-refractivity contribution in [2.75, 3.05) is 11.9 Å². The van der Waals surface area contributed by atoms with E-state index in [2.05, 4.69) is 27.6 Å². The molecule has 5 rings (SSSR count). The van der Waals surface area contributed by atoms with Crippen LogP contribution in [-0.4, -0.2) is 16.7 Å². The lowest BCUT2D eigenvalue weighted by Crippen LogP contribution is -2.01. The summed E-state index contributed by atoms with van der Waals surface area (Å²) in [5, 5.41) is 8.20. The summed E-state index contributed by atoms with van der Waals surface area (Å²) >= 11 is 0. The molecule has 3 heterocycles. The van der Waals surface area contributed by atoms with Gasteiger partial charge in [0.15, 0.2) is 0 Å². The van der Waals surface area contributed by atoms with Gasteiger partial charge in [-0.3, -0.25) is 0 Å². The lowest BCUT2D eigenvalue weighted by Gasteiger charge is -2.07. The zero-order valence-corrected chi connectivity index (χ0v) is 14.4. The maximum absolute atomic E-state index is 13.1. The number of benzene rings is 2. The average molecular weight is 361 g/mol. The van der Waals surface area contributed by atoms with E-state index in [0.29, 0.717) is 23.8 Å². The lowest BCUT2D eigenvalue weighted by atomic mass is 10.1. The summed E-state index contributed by atoms with van der Waals surface area (Å²) in [4.78, 5) is 4.49. The predicted molar refractivity (Wildman–Crippen MR) is 100 cm³/mol. The highest BCUT2D eigenvalue weighted by molar-refractivity contribution is 5.90. The predicted octanol–water partition coefficient (Wildman–Crippen LogP) is 4.58. The van der Waals surface area contributed by atoms with Gasteiger partial charge in [0.25, 0.3) is 5.71 Å². The number of hydrogen-bond acceptors (Lipinski definition) is 5. The Labute approximate surface area is 154 Å². The number of nitrogens with zero attached hydrogens (tertiary/aromatic N) is 2. The molecule has 1 aliphatic heterocycles. The number of nitrogens with one attached hydrogen (secondary N) is 1. The van der Waals surface area contributed by atoms with Gasteiger partial charge < -0.3 is 14.6 Å². The van der Waals surface area contributed by atoms with E-state index in [-0.39, 0.29) is 5.82 Å². The molecule has 0 radical (unpaired) electrons. The number of ether oxygens (including phenoxy) is 1. The minimum Gasteiger partial charge on any atom is -0.493 e. The number of pyridine rings is 1. The standard InChI is InChI=1S/C21H16FN3O2/c22-16-4-2-14(3-5-16)20-17-6-8-19(24-21(17)27-25-20)23-12-13-1-7-18-15(11-13)9-10-26-18/h1-8,11H,9-10,12H2,(H,23,24). The van der Waals surface area contributed by atoms with Crippen molar-refractivity contribution in [3.05, 3.63) is 71.5 Å². The number of fused-ring (bicyclic) bond motifs is 2. The average Bonchev–Trinajstić information content (AvgIpc) is 3.33. The summed E-state index contributed by atoms with van der Waals surface area (Å²) in [7, 11) is 0. The van der Waals surface area contributed by atoms with Crippen LogP contribution in [-0.2, 0) is 13.0 Å². The molecular weight excluding hydrogens is 345 g/mol. The first kappa shape index (κ1) is 15.8. The van der Waals surface area contributed by atoms with Crippen LogP contribution < -0.4 is 10.1 Å². The molecule has 6 heteroatoms. The highest BCUT2D eigenvalue weighted by Crippen LogP contribution is 2.29. The van der Waals surface area contributed by atoms with Gasteiger partial charge in [-0.25, -0.2) is 4.39 Å². The fourth-order valence-electron chi connectivity index (χ4n) is 3.29. The van der Waals surface area contributed by atoms with Crippen molar-refractivity contribution >= 4 is 16.9 Å². The van der Waals surface area contributed by atoms with Crippen LogP contribution in [0.2, 0.25) is 0 Å². The van der Waals surface area contributed by atoms with E-state index in [0.717, 1.165) is 29.7 Å². The van der Waals surface area contributed by atoms with Crippen molar-refractivity contribution in [1.82, 2.24) is 10.1 Å². The first-order valence-corrected chi connectivity index (χ1v) is 8.77. The Balaban J connectivity index is 1.36. The van der Waals surface area contributed by atoms with E-state index >= 15 is 0 Å². The normalized spacial score (nSPS) is 12.8. The molecule has 0 saturated carbocycles. The second-order valence-corrected chi connectivity index (χ2v) is 6.48. The number of hydrogen-bond donors (Lipinski definition) is 1. The van der Waals surface area contributed by atoms with Gasteiger partial charge in [0.05, 0.1) is 12.0 Å². The molecule has 0 unspecified atom stereocenters. The van der Waals surface area contributed by atoms with Crippen LogP contribution in [0.5, 0.6) is 5.75 Å². The Hall–Kier alpha value is -3.41. The lowest BCUT2D eigenvalue weighted by molar-refractivity contribution is 0.357. The van der Waals surface area contributed by atoms with Gasteiger partial charge in [-0.05, 0) is 53.6 Å². The summed E-state index contributed by atoms with van der Waals surface area (Å²) in [5.41, 5.74) is 4.31. The Kier molecular flexibility index (Phi) is 3.74. The smallest absolute Gasteiger partial charge is 0.260 e. The molecule has 2 aromatic carbocycles. The van der Waals surface area contributed by atoms with Gasteiger partial charge >= 0.3 is 0 Å².